The van der Waals surface area contributed by atoms with Gasteiger partial charge in [0.2, 0.25) is 0 Å². The van der Waals surface area contributed by atoms with Crippen molar-refractivity contribution in [2.24, 2.45) is 5.73 Å². The fourth-order valence-corrected chi connectivity index (χ4v) is 5.05. The number of aliphatic hydroxyl groups is 1. The van der Waals surface area contributed by atoms with Crippen molar-refractivity contribution in [3.63, 3.8) is 0 Å². The molecule has 5 rings (SSSR count). The molecule has 0 radical (unpaired) electrons. The first kappa shape index (κ1) is 25.1. The van der Waals surface area contributed by atoms with Gasteiger partial charge in [-0.05, 0) is 44.2 Å². The van der Waals surface area contributed by atoms with E-state index < -0.39 is 28.9 Å². The molecule has 2 atom stereocenters. The SMILES string of the molecule is Cc1ncc(NC(=O)c2cccc(C(F)(F)F)c2)cc1-c1cnc2c(c1)N1CCOCC1(N)CC2(C)O. The van der Waals surface area contributed by atoms with Gasteiger partial charge in [0, 0.05) is 41.5 Å². The van der Waals surface area contributed by atoms with Crippen LogP contribution in [-0.4, -0.2) is 46.4 Å². The van der Waals surface area contributed by atoms with Crippen LogP contribution in [0, 0.1) is 6.92 Å². The summed E-state index contributed by atoms with van der Waals surface area (Å²) in [5.74, 6) is -0.691. The van der Waals surface area contributed by atoms with E-state index in [-0.39, 0.29) is 18.6 Å². The summed E-state index contributed by atoms with van der Waals surface area (Å²) in [6, 6.07) is 7.78. The van der Waals surface area contributed by atoms with E-state index in [1.165, 1.54) is 18.3 Å². The Balaban J connectivity index is 1.48. The molecule has 2 unspecified atom stereocenters. The quantitative estimate of drug-likeness (QED) is 0.488. The lowest BCUT2D eigenvalue weighted by Gasteiger charge is -2.52. The summed E-state index contributed by atoms with van der Waals surface area (Å²) in [5, 5.41) is 13.7. The second-order valence-corrected chi connectivity index (χ2v) is 9.74. The number of ether oxygens (including phenoxy) is 1. The first-order chi connectivity index (χ1) is 17.4. The van der Waals surface area contributed by atoms with E-state index in [1.54, 1.807) is 26.1 Å². The number of halogens is 3. The third-order valence-electron chi connectivity index (χ3n) is 6.78. The number of nitrogens with two attached hydrogens (primary N) is 1. The molecular weight excluding hydrogens is 487 g/mol. The number of fused-ring (bicyclic) bond motifs is 3. The van der Waals surface area contributed by atoms with Crippen LogP contribution in [0.25, 0.3) is 11.1 Å². The third-order valence-corrected chi connectivity index (χ3v) is 6.78. The van der Waals surface area contributed by atoms with E-state index in [4.69, 9.17) is 10.5 Å². The van der Waals surface area contributed by atoms with Crippen molar-refractivity contribution in [1.82, 2.24) is 9.97 Å². The first-order valence-corrected chi connectivity index (χ1v) is 11.7. The minimum Gasteiger partial charge on any atom is -0.384 e. The standard InChI is InChI=1S/C26H26F3N5O3/c1-15-20(10-19(12-31-15)33-23(35)16-4-3-5-18(8-16)26(27,28)29)17-9-21-22(32-11-17)24(2,36)13-25(30)14-37-7-6-34(21)25/h3-5,8-12,36H,6-7,13-14,30H2,1-2H3,(H,33,35). The lowest BCUT2D eigenvalue weighted by molar-refractivity contribution is -0.137. The number of nitrogens with one attached hydrogen (secondary N) is 1. The number of aromatic nitrogens is 2. The maximum atomic E-state index is 13.1. The average molecular weight is 514 g/mol. The molecule has 11 heteroatoms. The van der Waals surface area contributed by atoms with Gasteiger partial charge in [-0.1, -0.05) is 6.07 Å². The molecule has 1 fully saturated rings. The van der Waals surface area contributed by atoms with Gasteiger partial charge in [-0.25, -0.2) is 0 Å². The molecule has 2 aliphatic heterocycles. The molecule has 1 saturated heterocycles. The van der Waals surface area contributed by atoms with Crippen LogP contribution in [0.2, 0.25) is 0 Å². The molecule has 4 heterocycles. The molecule has 2 aromatic heterocycles. The summed E-state index contributed by atoms with van der Waals surface area (Å²) in [6.45, 7) is 4.77. The number of carbonyl (C=O) groups is 1. The zero-order chi connectivity index (χ0) is 26.6. The van der Waals surface area contributed by atoms with E-state index in [2.05, 4.69) is 15.3 Å². The molecule has 0 bridgehead atoms. The zero-order valence-corrected chi connectivity index (χ0v) is 20.3. The smallest absolute Gasteiger partial charge is 0.384 e. The number of hydrogen-bond donors (Lipinski definition) is 3. The molecule has 37 heavy (non-hydrogen) atoms. The maximum Gasteiger partial charge on any atom is 0.416 e. The minimum absolute atomic E-state index is 0.124. The Hall–Kier alpha value is -3.54. The Morgan fingerprint density at radius 1 is 1.22 bits per heavy atom. The highest BCUT2D eigenvalue weighted by Crippen LogP contribution is 2.45. The number of anilines is 2. The molecule has 0 aliphatic carbocycles. The molecule has 0 saturated carbocycles. The predicted octanol–water partition coefficient (Wildman–Crippen LogP) is 3.83. The lowest BCUT2D eigenvalue weighted by atomic mass is 9.82. The highest BCUT2D eigenvalue weighted by molar-refractivity contribution is 6.04. The molecule has 0 spiro atoms. The van der Waals surface area contributed by atoms with Gasteiger partial charge in [0.15, 0.2) is 0 Å². The van der Waals surface area contributed by atoms with E-state index in [9.17, 15) is 23.1 Å². The molecule has 194 valence electrons. The Bertz CT molecular complexity index is 1380. The predicted molar refractivity (Wildman–Crippen MR) is 131 cm³/mol. The van der Waals surface area contributed by atoms with Crippen LogP contribution < -0.4 is 16.0 Å². The van der Waals surface area contributed by atoms with Gasteiger partial charge in [-0.3, -0.25) is 14.8 Å². The maximum absolute atomic E-state index is 13.1. The average Bonchev–Trinajstić information content (AvgIpc) is 2.83. The van der Waals surface area contributed by atoms with Gasteiger partial charge in [0.25, 0.3) is 5.91 Å². The Kier molecular flexibility index (Phi) is 5.97. The third kappa shape index (κ3) is 4.65. The molecule has 4 N–H and O–H groups in total. The van der Waals surface area contributed by atoms with Crippen molar-refractivity contribution in [1.29, 1.82) is 0 Å². The van der Waals surface area contributed by atoms with Gasteiger partial charge in [-0.2, -0.15) is 13.2 Å². The van der Waals surface area contributed by atoms with Crippen molar-refractivity contribution < 1.29 is 27.8 Å². The molecule has 3 aromatic rings. The zero-order valence-electron chi connectivity index (χ0n) is 20.3. The fourth-order valence-electron chi connectivity index (χ4n) is 5.05. The minimum atomic E-state index is -4.55. The highest BCUT2D eigenvalue weighted by atomic mass is 19.4. The summed E-state index contributed by atoms with van der Waals surface area (Å²) in [5.41, 5.74) is 6.98. The van der Waals surface area contributed by atoms with Gasteiger partial charge in [0.1, 0.15) is 11.3 Å². The number of amides is 1. The fraction of sp³-hybridized carbons (Fsp3) is 0.346. The number of aryl methyl sites for hydroxylation is 1. The Morgan fingerprint density at radius 3 is 2.76 bits per heavy atom. The van der Waals surface area contributed by atoms with E-state index in [0.29, 0.717) is 47.0 Å². The normalized spacial score (nSPS) is 23.3. The van der Waals surface area contributed by atoms with Gasteiger partial charge >= 0.3 is 6.18 Å². The summed E-state index contributed by atoms with van der Waals surface area (Å²) >= 11 is 0. The first-order valence-electron chi connectivity index (χ1n) is 11.7. The summed E-state index contributed by atoms with van der Waals surface area (Å²) in [4.78, 5) is 23.6. The Labute approximate surface area is 211 Å². The number of nitrogens with zero attached hydrogens (tertiary/aromatic N) is 3. The number of hydrogen-bond acceptors (Lipinski definition) is 7. The largest absolute Gasteiger partial charge is 0.416 e. The topological polar surface area (TPSA) is 114 Å². The van der Waals surface area contributed by atoms with Crippen molar-refractivity contribution in [3.05, 3.63) is 71.3 Å². The number of benzene rings is 1. The van der Waals surface area contributed by atoms with Gasteiger partial charge < -0.3 is 25.8 Å². The molecule has 1 amide bonds. The number of pyridine rings is 2. The van der Waals surface area contributed by atoms with Crippen molar-refractivity contribution in [2.75, 3.05) is 30.0 Å². The van der Waals surface area contributed by atoms with Crippen molar-refractivity contribution >= 4 is 17.3 Å². The van der Waals surface area contributed by atoms with Crippen LogP contribution in [0.4, 0.5) is 24.5 Å². The monoisotopic (exact) mass is 513 g/mol. The molecular formula is C26H26F3N5O3. The van der Waals surface area contributed by atoms with Crippen LogP contribution in [0.5, 0.6) is 0 Å². The van der Waals surface area contributed by atoms with Crippen LogP contribution in [0.1, 0.15) is 40.7 Å². The lowest BCUT2D eigenvalue weighted by Crippen LogP contribution is -2.68. The molecule has 8 nitrogen and oxygen atoms in total. The van der Waals surface area contributed by atoms with E-state index in [1.807, 2.05) is 11.0 Å². The number of morpholine rings is 1. The van der Waals surface area contributed by atoms with Crippen LogP contribution >= 0.6 is 0 Å². The van der Waals surface area contributed by atoms with Gasteiger partial charge in [-0.15, -0.1) is 0 Å². The number of rotatable bonds is 3. The van der Waals surface area contributed by atoms with Gasteiger partial charge in [0.05, 0.1) is 42.0 Å². The van der Waals surface area contributed by atoms with Crippen molar-refractivity contribution in [2.45, 2.75) is 37.7 Å². The highest BCUT2D eigenvalue weighted by Gasteiger charge is 2.49. The number of alkyl halides is 3. The van der Waals surface area contributed by atoms with Crippen molar-refractivity contribution in [3.8, 4) is 11.1 Å². The second kappa shape index (κ2) is 8.79. The Morgan fingerprint density at radius 2 is 2.00 bits per heavy atom. The number of carbonyl (C=O) groups excluding carboxylic acids is 1. The second-order valence-electron chi connectivity index (χ2n) is 9.74. The van der Waals surface area contributed by atoms with Crippen LogP contribution in [0.15, 0.2) is 48.8 Å². The molecule has 2 aliphatic rings. The summed E-state index contributed by atoms with van der Waals surface area (Å²) in [6.07, 6.45) is -1.23. The summed E-state index contributed by atoms with van der Waals surface area (Å²) < 4.78 is 44.8. The van der Waals surface area contributed by atoms with E-state index in [0.717, 1.165) is 12.1 Å². The van der Waals surface area contributed by atoms with Crippen LogP contribution in [0.3, 0.4) is 0 Å². The van der Waals surface area contributed by atoms with Crippen LogP contribution in [-0.2, 0) is 16.5 Å². The summed E-state index contributed by atoms with van der Waals surface area (Å²) in [7, 11) is 0. The molecule has 1 aromatic carbocycles. The van der Waals surface area contributed by atoms with E-state index >= 15 is 0 Å².